The van der Waals surface area contributed by atoms with Gasteiger partial charge in [0.25, 0.3) is 0 Å². The molecule has 1 aliphatic rings. The zero-order valence-corrected chi connectivity index (χ0v) is 13.7. The van der Waals surface area contributed by atoms with Crippen LogP contribution in [0.4, 0.5) is 0 Å². The van der Waals surface area contributed by atoms with Gasteiger partial charge in [0.2, 0.25) is 0 Å². The summed E-state index contributed by atoms with van der Waals surface area (Å²) in [5.74, 6) is 6.74. The molecule has 110 valence electrons. The first kappa shape index (κ1) is 15.6. The Hall–Kier alpha value is -0.820. The SMILES string of the molecule is C[N+](C)(C)CC#CC(O)(c1cccs1)C1CCCCC1. The van der Waals surface area contributed by atoms with E-state index in [9.17, 15) is 5.11 Å². The summed E-state index contributed by atoms with van der Waals surface area (Å²) in [4.78, 5) is 1.01. The molecule has 1 aromatic heterocycles. The van der Waals surface area contributed by atoms with E-state index in [0.717, 1.165) is 28.7 Å². The van der Waals surface area contributed by atoms with E-state index in [2.05, 4.69) is 33.0 Å². The van der Waals surface area contributed by atoms with Gasteiger partial charge in [0.1, 0.15) is 6.54 Å². The number of nitrogens with zero attached hydrogens (tertiary/aromatic N) is 1. The van der Waals surface area contributed by atoms with Crippen molar-refractivity contribution >= 4 is 11.3 Å². The van der Waals surface area contributed by atoms with E-state index in [1.165, 1.54) is 19.3 Å². The number of aliphatic hydroxyl groups is 1. The average molecular weight is 292 g/mol. The Balaban J connectivity index is 2.24. The standard InChI is InChI=1S/C17H26NOS/c1-18(2,3)13-8-12-17(19,16-11-7-14-20-16)15-9-5-4-6-10-15/h7,11,14-15,19H,4-6,9-10,13H2,1-3H3/q+1. The van der Waals surface area contributed by atoms with Crippen LogP contribution in [0, 0.1) is 17.8 Å². The molecule has 0 bridgehead atoms. The minimum Gasteiger partial charge on any atom is -0.372 e. The largest absolute Gasteiger partial charge is 0.372 e. The predicted molar refractivity (Wildman–Crippen MR) is 85.5 cm³/mol. The molecule has 1 fully saturated rings. The molecule has 0 radical (unpaired) electrons. The third-order valence-corrected chi connectivity index (χ3v) is 4.92. The van der Waals surface area contributed by atoms with E-state index in [1.807, 2.05) is 17.5 Å². The van der Waals surface area contributed by atoms with Gasteiger partial charge >= 0.3 is 0 Å². The number of hydrogen-bond acceptors (Lipinski definition) is 2. The zero-order valence-electron chi connectivity index (χ0n) is 12.9. The van der Waals surface area contributed by atoms with Crippen LogP contribution < -0.4 is 0 Å². The molecule has 0 saturated heterocycles. The summed E-state index contributed by atoms with van der Waals surface area (Å²) >= 11 is 1.62. The molecule has 1 atom stereocenters. The predicted octanol–water partition coefficient (Wildman–Crippen LogP) is 3.23. The van der Waals surface area contributed by atoms with Crippen molar-refractivity contribution < 1.29 is 9.59 Å². The maximum absolute atomic E-state index is 11.2. The highest BCUT2D eigenvalue weighted by Crippen LogP contribution is 2.40. The summed E-state index contributed by atoms with van der Waals surface area (Å²) in [6.07, 6.45) is 5.91. The van der Waals surface area contributed by atoms with Gasteiger partial charge in [0.15, 0.2) is 5.60 Å². The van der Waals surface area contributed by atoms with Gasteiger partial charge in [-0.2, -0.15) is 0 Å². The summed E-state index contributed by atoms with van der Waals surface area (Å²) in [5.41, 5.74) is -0.941. The van der Waals surface area contributed by atoms with Crippen molar-refractivity contribution in [2.75, 3.05) is 27.7 Å². The Labute approximate surface area is 127 Å². The molecular weight excluding hydrogens is 266 g/mol. The van der Waals surface area contributed by atoms with E-state index in [0.29, 0.717) is 0 Å². The van der Waals surface area contributed by atoms with Crippen molar-refractivity contribution in [3.8, 4) is 11.8 Å². The maximum Gasteiger partial charge on any atom is 0.162 e. The van der Waals surface area contributed by atoms with Gasteiger partial charge in [0.05, 0.1) is 21.1 Å². The van der Waals surface area contributed by atoms with Crippen molar-refractivity contribution in [3.63, 3.8) is 0 Å². The second-order valence-corrected chi connectivity index (χ2v) is 7.78. The number of rotatable bonds is 3. The van der Waals surface area contributed by atoms with Crippen LogP contribution in [0.25, 0.3) is 0 Å². The van der Waals surface area contributed by atoms with Gasteiger partial charge in [-0.05, 0) is 30.2 Å². The quantitative estimate of drug-likeness (QED) is 0.670. The fraction of sp³-hybridized carbons (Fsp3) is 0.647. The zero-order chi connectivity index (χ0) is 14.6. The molecule has 0 amide bonds. The van der Waals surface area contributed by atoms with Crippen molar-refractivity contribution in [2.45, 2.75) is 37.7 Å². The first-order valence-corrected chi connectivity index (χ1v) is 8.37. The molecule has 0 aromatic carbocycles. The Morgan fingerprint density at radius 2 is 2.00 bits per heavy atom. The fourth-order valence-electron chi connectivity index (χ4n) is 2.79. The van der Waals surface area contributed by atoms with Crippen LogP contribution in [-0.4, -0.2) is 37.3 Å². The van der Waals surface area contributed by atoms with Crippen molar-refractivity contribution in [1.29, 1.82) is 0 Å². The molecule has 1 unspecified atom stereocenters. The summed E-state index contributed by atoms with van der Waals surface area (Å²) in [7, 11) is 6.37. The maximum atomic E-state index is 11.2. The Morgan fingerprint density at radius 1 is 1.30 bits per heavy atom. The van der Waals surface area contributed by atoms with E-state index in [1.54, 1.807) is 11.3 Å². The molecule has 2 nitrogen and oxygen atoms in total. The number of thiophene rings is 1. The van der Waals surface area contributed by atoms with E-state index >= 15 is 0 Å². The number of hydrogen-bond donors (Lipinski definition) is 1. The second kappa shape index (κ2) is 6.30. The van der Waals surface area contributed by atoms with Crippen LogP contribution >= 0.6 is 11.3 Å². The van der Waals surface area contributed by atoms with Crippen LogP contribution in [0.5, 0.6) is 0 Å². The van der Waals surface area contributed by atoms with E-state index in [-0.39, 0.29) is 5.92 Å². The molecule has 2 rings (SSSR count). The van der Waals surface area contributed by atoms with Crippen LogP contribution in [0.3, 0.4) is 0 Å². The fourth-order valence-corrected chi connectivity index (χ4v) is 3.65. The van der Waals surface area contributed by atoms with Gasteiger partial charge in [0, 0.05) is 10.8 Å². The topological polar surface area (TPSA) is 20.2 Å². The summed E-state index contributed by atoms with van der Waals surface area (Å²) in [6, 6.07) is 4.04. The number of quaternary nitrogens is 1. The van der Waals surface area contributed by atoms with Crippen LogP contribution in [-0.2, 0) is 5.60 Å². The van der Waals surface area contributed by atoms with Crippen molar-refractivity contribution in [2.24, 2.45) is 5.92 Å². The smallest absolute Gasteiger partial charge is 0.162 e. The molecule has 1 saturated carbocycles. The molecule has 0 aliphatic heterocycles. The summed E-state index contributed by atoms with van der Waals surface area (Å²) < 4.78 is 0.804. The summed E-state index contributed by atoms with van der Waals surface area (Å²) in [5, 5.41) is 13.3. The van der Waals surface area contributed by atoms with Crippen molar-refractivity contribution in [1.82, 2.24) is 0 Å². The Morgan fingerprint density at radius 3 is 2.55 bits per heavy atom. The molecule has 1 N–H and O–H groups in total. The van der Waals surface area contributed by atoms with E-state index < -0.39 is 5.60 Å². The van der Waals surface area contributed by atoms with Crippen LogP contribution in [0.15, 0.2) is 17.5 Å². The molecule has 1 aliphatic carbocycles. The van der Waals surface area contributed by atoms with Gasteiger partial charge in [-0.15, -0.1) is 11.3 Å². The lowest BCUT2D eigenvalue weighted by molar-refractivity contribution is -0.862. The lowest BCUT2D eigenvalue weighted by Gasteiger charge is -2.34. The first-order valence-electron chi connectivity index (χ1n) is 7.49. The highest BCUT2D eigenvalue weighted by molar-refractivity contribution is 7.10. The molecule has 0 spiro atoms. The minimum atomic E-state index is -0.941. The third-order valence-electron chi connectivity index (χ3n) is 3.93. The monoisotopic (exact) mass is 292 g/mol. The van der Waals surface area contributed by atoms with Crippen LogP contribution in [0.1, 0.15) is 37.0 Å². The molecule has 3 heteroatoms. The Kier molecular flexibility index (Phi) is 4.90. The molecule has 1 heterocycles. The highest BCUT2D eigenvalue weighted by atomic mass is 32.1. The van der Waals surface area contributed by atoms with Crippen molar-refractivity contribution in [3.05, 3.63) is 22.4 Å². The average Bonchev–Trinajstić information content (AvgIpc) is 2.92. The molecule has 20 heavy (non-hydrogen) atoms. The molecule has 1 aromatic rings. The van der Waals surface area contributed by atoms with E-state index in [4.69, 9.17) is 0 Å². The Bertz CT molecular complexity index is 471. The minimum absolute atomic E-state index is 0.287. The third kappa shape index (κ3) is 3.85. The second-order valence-electron chi connectivity index (χ2n) is 6.83. The lowest BCUT2D eigenvalue weighted by Crippen LogP contribution is -2.36. The lowest BCUT2D eigenvalue weighted by atomic mass is 9.76. The van der Waals surface area contributed by atoms with Gasteiger partial charge in [-0.3, -0.25) is 0 Å². The summed E-state index contributed by atoms with van der Waals surface area (Å²) in [6.45, 7) is 0.764. The normalized spacial score (nSPS) is 20.0. The molecular formula is C17H26NOS+. The van der Waals surface area contributed by atoms with Gasteiger partial charge < -0.3 is 9.59 Å². The van der Waals surface area contributed by atoms with Gasteiger partial charge in [-0.1, -0.05) is 31.2 Å². The first-order chi connectivity index (χ1) is 9.42. The van der Waals surface area contributed by atoms with Crippen LogP contribution in [0.2, 0.25) is 0 Å². The van der Waals surface area contributed by atoms with Gasteiger partial charge in [-0.25, -0.2) is 0 Å². The highest BCUT2D eigenvalue weighted by Gasteiger charge is 2.38.